The first-order chi connectivity index (χ1) is 16.7. The van der Waals surface area contributed by atoms with Gasteiger partial charge in [0.05, 0.1) is 0 Å². The highest BCUT2D eigenvalue weighted by Crippen LogP contribution is 2.34. The first kappa shape index (κ1) is 22.1. The number of rotatable bonds is 6. The summed E-state index contributed by atoms with van der Waals surface area (Å²) in [5.41, 5.74) is 2.84. The van der Waals surface area contributed by atoms with Crippen LogP contribution in [0.1, 0.15) is 42.6 Å². The summed E-state index contributed by atoms with van der Waals surface area (Å²) in [6, 6.07) is 19.0. The number of nitrogens with one attached hydrogen (secondary N) is 2. The number of carbonyl (C=O) groups is 2. The third kappa shape index (κ3) is 4.93. The number of carbonyl (C=O) groups excluding carboxylic acids is 2. The molecule has 2 heterocycles. The van der Waals surface area contributed by atoms with Crippen LogP contribution in [0.3, 0.4) is 0 Å². The number of hydrogen-bond donors (Lipinski definition) is 2. The summed E-state index contributed by atoms with van der Waals surface area (Å²) < 4.78 is 11.3. The van der Waals surface area contributed by atoms with Crippen LogP contribution in [0.2, 0.25) is 0 Å². The zero-order valence-electron chi connectivity index (χ0n) is 19.1. The average molecular weight is 460 g/mol. The van der Waals surface area contributed by atoms with Crippen molar-refractivity contribution >= 4 is 17.5 Å². The standard InChI is InChI=1S/C27H29N3O4/c31-26(28-20-9-5-2-6-10-20)18-30(21-11-14-24-25(17-21)34-16-15-33-24)27(32)23-13-12-22(29-23)19-7-3-1-4-8-19/h1,3-4,7-8,11-14,17,20,29H,2,5-6,9-10,15-16,18H2,(H,28,31). The minimum Gasteiger partial charge on any atom is -0.486 e. The predicted molar refractivity (Wildman–Crippen MR) is 130 cm³/mol. The van der Waals surface area contributed by atoms with Gasteiger partial charge in [-0.05, 0) is 42.7 Å². The summed E-state index contributed by atoms with van der Waals surface area (Å²) in [5.74, 6) is 0.772. The lowest BCUT2D eigenvalue weighted by atomic mass is 9.95. The highest BCUT2D eigenvalue weighted by atomic mass is 16.6. The molecule has 176 valence electrons. The van der Waals surface area contributed by atoms with Gasteiger partial charge in [-0.15, -0.1) is 0 Å². The van der Waals surface area contributed by atoms with Crippen molar-refractivity contribution in [1.82, 2.24) is 10.3 Å². The summed E-state index contributed by atoms with van der Waals surface area (Å²) in [5, 5.41) is 3.12. The highest BCUT2D eigenvalue weighted by molar-refractivity contribution is 6.08. The van der Waals surface area contributed by atoms with Crippen molar-refractivity contribution in [2.24, 2.45) is 0 Å². The molecule has 5 rings (SSSR count). The first-order valence-electron chi connectivity index (χ1n) is 11.9. The normalized spacial score (nSPS) is 15.5. The van der Waals surface area contributed by atoms with Crippen molar-refractivity contribution < 1.29 is 19.1 Å². The molecule has 0 bridgehead atoms. The monoisotopic (exact) mass is 459 g/mol. The summed E-state index contributed by atoms with van der Waals surface area (Å²) in [6.45, 7) is 0.863. The number of H-pyrrole nitrogens is 1. The van der Waals surface area contributed by atoms with E-state index in [0.717, 1.165) is 36.9 Å². The Morgan fingerprint density at radius 2 is 1.68 bits per heavy atom. The fraction of sp³-hybridized carbons (Fsp3) is 0.333. The van der Waals surface area contributed by atoms with Gasteiger partial charge >= 0.3 is 0 Å². The Balaban J connectivity index is 1.41. The van der Waals surface area contributed by atoms with Gasteiger partial charge in [-0.3, -0.25) is 14.5 Å². The molecule has 7 nitrogen and oxygen atoms in total. The Labute approximate surface area is 199 Å². The van der Waals surface area contributed by atoms with Crippen molar-refractivity contribution in [3.63, 3.8) is 0 Å². The number of aromatic amines is 1. The molecule has 34 heavy (non-hydrogen) atoms. The van der Waals surface area contributed by atoms with E-state index in [-0.39, 0.29) is 24.4 Å². The van der Waals surface area contributed by atoms with Crippen LogP contribution in [0.4, 0.5) is 5.69 Å². The van der Waals surface area contributed by atoms with Crippen LogP contribution in [-0.4, -0.2) is 42.6 Å². The molecule has 0 radical (unpaired) electrons. The number of aromatic nitrogens is 1. The van der Waals surface area contributed by atoms with Gasteiger partial charge in [0.1, 0.15) is 25.5 Å². The zero-order valence-corrected chi connectivity index (χ0v) is 19.1. The lowest BCUT2D eigenvalue weighted by Crippen LogP contribution is -2.45. The minimum atomic E-state index is -0.280. The summed E-state index contributed by atoms with van der Waals surface area (Å²) in [4.78, 5) is 31.3. The van der Waals surface area contributed by atoms with Crippen molar-refractivity contribution in [3.05, 3.63) is 66.4 Å². The second kappa shape index (κ2) is 10.0. The molecule has 1 aromatic heterocycles. The number of fused-ring (bicyclic) bond motifs is 1. The van der Waals surface area contributed by atoms with Crippen LogP contribution >= 0.6 is 0 Å². The Hall–Kier alpha value is -3.74. The van der Waals surface area contributed by atoms with E-state index in [1.54, 1.807) is 24.3 Å². The van der Waals surface area contributed by atoms with Gasteiger partial charge in [-0.2, -0.15) is 0 Å². The maximum Gasteiger partial charge on any atom is 0.275 e. The zero-order chi connectivity index (χ0) is 23.3. The van der Waals surface area contributed by atoms with Gasteiger partial charge in [0.2, 0.25) is 5.91 Å². The molecule has 0 spiro atoms. The van der Waals surface area contributed by atoms with E-state index in [0.29, 0.717) is 36.1 Å². The molecule has 1 saturated carbocycles. The molecule has 0 unspecified atom stereocenters. The van der Waals surface area contributed by atoms with Crippen molar-refractivity contribution in [1.29, 1.82) is 0 Å². The van der Waals surface area contributed by atoms with E-state index in [1.165, 1.54) is 11.3 Å². The maximum atomic E-state index is 13.6. The largest absolute Gasteiger partial charge is 0.486 e. The maximum absolute atomic E-state index is 13.6. The predicted octanol–water partition coefficient (Wildman–Crippen LogP) is 4.55. The van der Waals surface area contributed by atoms with E-state index in [4.69, 9.17) is 9.47 Å². The molecular formula is C27H29N3O4. The molecule has 0 atom stereocenters. The average Bonchev–Trinajstić information content (AvgIpc) is 3.38. The first-order valence-corrected chi connectivity index (χ1v) is 11.9. The molecule has 1 aliphatic heterocycles. The molecule has 1 aliphatic carbocycles. The molecule has 2 amide bonds. The van der Waals surface area contributed by atoms with Gasteiger partial charge in [0.15, 0.2) is 11.5 Å². The van der Waals surface area contributed by atoms with Crippen LogP contribution in [0, 0.1) is 0 Å². The van der Waals surface area contributed by atoms with E-state index < -0.39 is 0 Å². The van der Waals surface area contributed by atoms with Crippen LogP contribution in [0.25, 0.3) is 11.3 Å². The summed E-state index contributed by atoms with van der Waals surface area (Å²) in [7, 11) is 0. The Morgan fingerprint density at radius 1 is 0.912 bits per heavy atom. The van der Waals surface area contributed by atoms with Gasteiger partial charge in [-0.25, -0.2) is 0 Å². The van der Waals surface area contributed by atoms with Gasteiger partial charge in [0, 0.05) is 23.5 Å². The van der Waals surface area contributed by atoms with E-state index >= 15 is 0 Å². The van der Waals surface area contributed by atoms with Gasteiger partial charge in [0.25, 0.3) is 5.91 Å². The molecule has 2 N–H and O–H groups in total. The number of ether oxygens (including phenoxy) is 2. The fourth-order valence-corrected chi connectivity index (χ4v) is 4.60. The van der Waals surface area contributed by atoms with E-state index in [1.807, 2.05) is 36.4 Å². The summed E-state index contributed by atoms with van der Waals surface area (Å²) in [6.07, 6.45) is 5.44. The highest BCUT2D eigenvalue weighted by Gasteiger charge is 2.25. The van der Waals surface area contributed by atoms with E-state index in [2.05, 4.69) is 10.3 Å². The van der Waals surface area contributed by atoms with Crippen molar-refractivity contribution in [2.45, 2.75) is 38.1 Å². The summed E-state index contributed by atoms with van der Waals surface area (Å²) >= 11 is 0. The molecule has 2 aromatic carbocycles. The number of anilines is 1. The number of nitrogens with zero attached hydrogens (tertiary/aromatic N) is 1. The van der Waals surface area contributed by atoms with E-state index in [9.17, 15) is 9.59 Å². The van der Waals surface area contributed by atoms with Crippen molar-refractivity contribution in [2.75, 3.05) is 24.7 Å². The minimum absolute atomic E-state index is 0.0747. The Morgan fingerprint density at radius 3 is 2.47 bits per heavy atom. The smallest absolute Gasteiger partial charge is 0.275 e. The number of benzene rings is 2. The lowest BCUT2D eigenvalue weighted by molar-refractivity contribution is -0.120. The van der Waals surface area contributed by atoms with Gasteiger partial charge < -0.3 is 19.8 Å². The third-order valence-corrected chi connectivity index (χ3v) is 6.36. The molecule has 7 heteroatoms. The fourth-order valence-electron chi connectivity index (χ4n) is 4.60. The quantitative estimate of drug-likeness (QED) is 0.567. The third-order valence-electron chi connectivity index (χ3n) is 6.36. The number of hydrogen-bond acceptors (Lipinski definition) is 4. The van der Waals surface area contributed by atoms with Crippen molar-refractivity contribution in [3.8, 4) is 22.8 Å². The second-order valence-electron chi connectivity index (χ2n) is 8.77. The Kier molecular flexibility index (Phi) is 6.51. The molecule has 0 saturated heterocycles. The topological polar surface area (TPSA) is 83.7 Å². The van der Waals surface area contributed by atoms with Crippen LogP contribution in [0.5, 0.6) is 11.5 Å². The molecular weight excluding hydrogens is 430 g/mol. The molecule has 2 aliphatic rings. The van der Waals surface area contributed by atoms with Crippen LogP contribution < -0.4 is 19.7 Å². The SMILES string of the molecule is O=C(CN(C(=O)c1ccc(-c2ccccc2)[nH]1)c1ccc2c(c1)OCCO2)NC1CCCCC1. The van der Waals surface area contributed by atoms with Crippen LogP contribution in [0.15, 0.2) is 60.7 Å². The molecule has 3 aromatic rings. The molecule has 1 fully saturated rings. The van der Waals surface area contributed by atoms with Crippen LogP contribution in [-0.2, 0) is 4.79 Å². The lowest BCUT2D eigenvalue weighted by Gasteiger charge is -2.27. The Bertz CT molecular complexity index is 1150. The number of amides is 2. The second-order valence-corrected chi connectivity index (χ2v) is 8.77. The van der Waals surface area contributed by atoms with Gasteiger partial charge in [-0.1, -0.05) is 49.6 Å².